The lowest BCUT2D eigenvalue weighted by Gasteiger charge is -2.33. The molecule has 0 aliphatic rings. The Balaban J connectivity index is 3.47. The number of nitrogens with zero attached hydrogens (tertiary/aromatic N) is 2. The van der Waals surface area contributed by atoms with Gasteiger partial charge in [0.15, 0.2) is 5.82 Å². The maximum atomic E-state index is 14.3. The van der Waals surface area contributed by atoms with Crippen LogP contribution < -0.4 is 4.90 Å². The first-order valence-electron chi connectivity index (χ1n) is 7.64. The van der Waals surface area contributed by atoms with E-state index in [-0.39, 0.29) is 6.07 Å². The Morgan fingerprint density at radius 2 is 1.69 bits per heavy atom. The second-order valence-corrected chi connectivity index (χ2v) is 7.42. The van der Waals surface area contributed by atoms with E-state index in [0.717, 1.165) is 0 Å². The van der Waals surface area contributed by atoms with Gasteiger partial charge in [-0.3, -0.25) is 10.1 Å². The van der Waals surface area contributed by atoms with Crippen molar-refractivity contribution in [2.24, 2.45) is 0 Å². The van der Waals surface area contributed by atoms with Crippen LogP contribution in [0.15, 0.2) is 12.1 Å². The summed E-state index contributed by atoms with van der Waals surface area (Å²) in [7, 11) is 0. The number of carbonyl (C=O) groups excluding carboxylic acids is 1. The highest BCUT2D eigenvalue weighted by Crippen LogP contribution is 2.31. The molecule has 1 atom stereocenters. The number of rotatable bonds is 4. The Kier molecular flexibility index (Phi) is 6.26. The summed E-state index contributed by atoms with van der Waals surface area (Å²) in [6, 6.07) is 0.735. The van der Waals surface area contributed by atoms with Crippen molar-refractivity contribution in [1.29, 1.82) is 0 Å². The molecule has 8 nitrogen and oxygen atoms in total. The van der Waals surface area contributed by atoms with Gasteiger partial charge in [0.1, 0.15) is 5.60 Å². The first-order chi connectivity index (χ1) is 11.6. The standard InChI is InChI=1S/C16H22F2N2O6/c1-15(2,3)25-13(21)19(14(22)26-16(4,5)6)11-8-12(20(23)24)10(18)7-9(11)17/h7-8,13,21H,1-6H3. The van der Waals surface area contributed by atoms with Gasteiger partial charge in [0.05, 0.1) is 16.2 Å². The molecular formula is C16H22F2N2O6. The first kappa shape index (κ1) is 21.7. The van der Waals surface area contributed by atoms with Crippen LogP contribution in [0.4, 0.5) is 25.0 Å². The minimum Gasteiger partial charge on any atom is -0.443 e. The van der Waals surface area contributed by atoms with Crippen molar-refractivity contribution < 1.29 is 33.1 Å². The van der Waals surface area contributed by atoms with Crippen LogP contribution in [0.3, 0.4) is 0 Å². The monoisotopic (exact) mass is 376 g/mol. The highest BCUT2D eigenvalue weighted by molar-refractivity contribution is 5.88. The van der Waals surface area contributed by atoms with Crippen LogP contribution in [0, 0.1) is 21.7 Å². The molecule has 1 N–H and O–H groups in total. The van der Waals surface area contributed by atoms with Crippen molar-refractivity contribution in [3.8, 4) is 0 Å². The van der Waals surface area contributed by atoms with E-state index in [4.69, 9.17) is 9.47 Å². The lowest BCUT2D eigenvalue weighted by Crippen LogP contribution is -2.48. The normalized spacial score (nSPS) is 13.3. The molecule has 0 fully saturated rings. The number of nitro groups is 1. The molecule has 1 rings (SSSR count). The number of amides is 1. The number of ether oxygens (including phenoxy) is 2. The van der Waals surface area contributed by atoms with E-state index >= 15 is 0 Å². The predicted octanol–water partition coefficient (Wildman–Crippen LogP) is 3.71. The summed E-state index contributed by atoms with van der Waals surface area (Å²) < 4.78 is 38.1. The van der Waals surface area contributed by atoms with Gasteiger partial charge in [-0.15, -0.1) is 0 Å². The average Bonchev–Trinajstić information content (AvgIpc) is 2.36. The van der Waals surface area contributed by atoms with E-state index in [2.05, 4.69) is 0 Å². The smallest absolute Gasteiger partial charge is 0.418 e. The molecule has 0 saturated carbocycles. The summed E-state index contributed by atoms with van der Waals surface area (Å²) in [5.74, 6) is -2.73. The fraction of sp³-hybridized carbons (Fsp3) is 0.562. The molecule has 0 aliphatic heterocycles. The van der Waals surface area contributed by atoms with Crippen LogP contribution in [-0.2, 0) is 9.47 Å². The topological polar surface area (TPSA) is 102 Å². The third-order valence-corrected chi connectivity index (χ3v) is 2.74. The number of halogens is 2. The molecule has 1 amide bonds. The molecule has 146 valence electrons. The van der Waals surface area contributed by atoms with Gasteiger partial charge in [-0.2, -0.15) is 4.39 Å². The number of carbonyl (C=O) groups is 1. The predicted molar refractivity (Wildman–Crippen MR) is 88.6 cm³/mol. The fourth-order valence-corrected chi connectivity index (χ4v) is 1.84. The molecule has 0 heterocycles. The van der Waals surface area contributed by atoms with Gasteiger partial charge < -0.3 is 14.6 Å². The molecule has 10 heteroatoms. The van der Waals surface area contributed by atoms with Crippen LogP contribution in [0.1, 0.15) is 41.5 Å². The average molecular weight is 376 g/mol. The van der Waals surface area contributed by atoms with Crippen molar-refractivity contribution in [2.75, 3.05) is 4.90 Å². The first-order valence-corrected chi connectivity index (χ1v) is 7.64. The molecule has 1 unspecified atom stereocenters. The largest absolute Gasteiger partial charge is 0.443 e. The Morgan fingerprint density at radius 3 is 2.12 bits per heavy atom. The molecule has 0 saturated heterocycles. The van der Waals surface area contributed by atoms with E-state index in [1.165, 1.54) is 20.8 Å². The van der Waals surface area contributed by atoms with Gasteiger partial charge in [-0.1, -0.05) is 0 Å². The van der Waals surface area contributed by atoms with E-state index < -0.39 is 51.6 Å². The summed E-state index contributed by atoms with van der Waals surface area (Å²) in [6.07, 6.45) is -3.27. The summed E-state index contributed by atoms with van der Waals surface area (Å²) in [5, 5.41) is 21.2. The van der Waals surface area contributed by atoms with E-state index in [1.807, 2.05) is 0 Å². The summed E-state index contributed by atoms with van der Waals surface area (Å²) >= 11 is 0. The Morgan fingerprint density at radius 1 is 1.15 bits per heavy atom. The molecular weight excluding hydrogens is 354 g/mol. The number of anilines is 1. The number of hydrogen-bond acceptors (Lipinski definition) is 6. The zero-order chi connectivity index (χ0) is 20.4. The van der Waals surface area contributed by atoms with Gasteiger partial charge in [0.25, 0.3) is 0 Å². The van der Waals surface area contributed by atoms with Gasteiger partial charge in [0, 0.05) is 12.1 Å². The van der Waals surface area contributed by atoms with Crippen molar-refractivity contribution in [2.45, 2.75) is 59.2 Å². The van der Waals surface area contributed by atoms with Gasteiger partial charge in [-0.25, -0.2) is 14.1 Å². The van der Waals surface area contributed by atoms with Gasteiger partial charge in [-0.05, 0) is 41.5 Å². The second-order valence-electron chi connectivity index (χ2n) is 7.42. The number of nitro benzene ring substituents is 1. The fourth-order valence-electron chi connectivity index (χ4n) is 1.84. The summed E-state index contributed by atoms with van der Waals surface area (Å²) in [6.45, 7) is 9.28. The lowest BCUT2D eigenvalue weighted by atomic mass is 10.2. The third kappa shape index (κ3) is 5.88. The van der Waals surface area contributed by atoms with Gasteiger partial charge >= 0.3 is 11.8 Å². The number of aliphatic hydroxyl groups excluding tert-OH is 1. The SMILES string of the molecule is CC(C)(C)OC(=O)N(c1cc([N+](=O)[O-])c(F)cc1F)C(O)OC(C)(C)C. The number of benzene rings is 1. The molecule has 0 aliphatic carbocycles. The Labute approximate surface area is 149 Å². The minimum atomic E-state index is -2.04. The molecule has 1 aromatic rings. The number of aliphatic hydroxyl groups is 1. The maximum absolute atomic E-state index is 14.3. The zero-order valence-corrected chi connectivity index (χ0v) is 15.4. The molecule has 1 aromatic carbocycles. The van der Waals surface area contributed by atoms with Gasteiger partial charge in [0.2, 0.25) is 12.2 Å². The van der Waals surface area contributed by atoms with E-state index in [9.17, 15) is 28.8 Å². The maximum Gasteiger partial charge on any atom is 0.418 e. The van der Waals surface area contributed by atoms with Crippen LogP contribution in [0.2, 0.25) is 0 Å². The van der Waals surface area contributed by atoms with Crippen molar-refractivity contribution in [3.63, 3.8) is 0 Å². The molecule has 0 radical (unpaired) electrons. The molecule has 0 bridgehead atoms. The summed E-state index contributed by atoms with van der Waals surface area (Å²) in [5.41, 5.74) is -3.80. The lowest BCUT2D eigenvalue weighted by molar-refractivity contribution is -0.387. The Hall–Kier alpha value is -2.33. The van der Waals surface area contributed by atoms with Crippen molar-refractivity contribution >= 4 is 17.5 Å². The van der Waals surface area contributed by atoms with E-state index in [1.54, 1.807) is 20.8 Å². The van der Waals surface area contributed by atoms with Crippen molar-refractivity contribution in [3.05, 3.63) is 33.9 Å². The zero-order valence-electron chi connectivity index (χ0n) is 15.4. The van der Waals surface area contributed by atoms with Crippen LogP contribution in [-0.4, -0.2) is 33.7 Å². The minimum absolute atomic E-state index is 0.245. The van der Waals surface area contributed by atoms with Crippen LogP contribution in [0.5, 0.6) is 0 Å². The molecule has 0 aromatic heterocycles. The second kappa shape index (κ2) is 7.50. The molecule has 0 spiro atoms. The quantitative estimate of drug-likeness (QED) is 0.488. The third-order valence-electron chi connectivity index (χ3n) is 2.74. The highest BCUT2D eigenvalue weighted by atomic mass is 19.1. The summed E-state index contributed by atoms with van der Waals surface area (Å²) in [4.78, 5) is 22.6. The van der Waals surface area contributed by atoms with Crippen molar-refractivity contribution in [1.82, 2.24) is 0 Å². The molecule has 26 heavy (non-hydrogen) atoms. The van der Waals surface area contributed by atoms with Crippen LogP contribution in [0.25, 0.3) is 0 Å². The number of hydrogen-bond donors (Lipinski definition) is 1. The van der Waals surface area contributed by atoms with E-state index in [0.29, 0.717) is 11.0 Å². The highest BCUT2D eigenvalue weighted by Gasteiger charge is 2.35. The van der Waals surface area contributed by atoms with Crippen LogP contribution >= 0.6 is 0 Å². The Bertz CT molecular complexity index is 697.